The molecule has 1 aliphatic heterocycles. The third-order valence-electron chi connectivity index (χ3n) is 3.32. The van der Waals surface area contributed by atoms with Gasteiger partial charge in [0.1, 0.15) is 10.8 Å². The third-order valence-corrected chi connectivity index (χ3v) is 3.69. The zero-order valence-electron chi connectivity index (χ0n) is 11.2. The van der Waals surface area contributed by atoms with Gasteiger partial charge in [-0.15, -0.1) is 0 Å². The van der Waals surface area contributed by atoms with Crippen molar-refractivity contribution in [2.24, 2.45) is 5.73 Å². The predicted molar refractivity (Wildman–Crippen MR) is 78.2 cm³/mol. The van der Waals surface area contributed by atoms with Crippen molar-refractivity contribution in [1.29, 1.82) is 5.41 Å². The maximum atomic E-state index is 11.9. The second kappa shape index (κ2) is 6.19. The summed E-state index contributed by atoms with van der Waals surface area (Å²) in [6.45, 7) is 2.92. The van der Waals surface area contributed by atoms with Crippen LogP contribution in [0.25, 0.3) is 5.57 Å². The van der Waals surface area contributed by atoms with Gasteiger partial charge in [0.2, 0.25) is 0 Å². The van der Waals surface area contributed by atoms with Crippen LogP contribution in [0.2, 0.25) is 5.02 Å². The molecule has 0 bridgehead atoms. The Kier molecular flexibility index (Phi) is 4.57. The molecular weight excluding hydrogens is 280 g/mol. The lowest BCUT2D eigenvalue weighted by Crippen LogP contribution is -2.22. The number of halogens is 1. The lowest BCUT2D eigenvalue weighted by atomic mass is 9.96. The highest BCUT2D eigenvalue weighted by Crippen LogP contribution is 2.29. The third kappa shape index (κ3) is 2.91. The first kappa shape index (κ1) is 14.7. The van der Waals surface area contributed by atoms with Crippen LogP contribution in [-0.4, -0.2) is 29.4 Å². The highest BCUT2D eigenvalue weighted by atomic mass is 35.5. The Hall–Kier alpha value is -1.66. The van der Waals surface area contributed by atoms with Crippen LogP contribution < -0.4 is 11.3 Å². The molecular formula is C13H17ClN4O2. The number of nitrogens with zero attached hydrogens (tertiary/aromatic N) is 1. The number of hydrogen-bond donors (Lipinski definition) is 3. The SMILES string of the molecule is C/C(N)=C(/C=N)c1nc(C2CCOCC2)c(Cl)c(=O)[nH]1. The van der Waals surface area contributed by atoms with Gasteiger partial charge in [-0.25, -0.2) is 4.98 Å². The highest BCUT2D eigenvalue weighted by molar-refractivity contribution is 6.31. The van der Waals surface area contributed by atoms with E-state index < -0.39 is 5.56 Å². The van der Waals surface area contributed by atoms with Crippen LogP contribution >= 0.6 is 11.6 Å². The molecule has 6 nitrogen and oxygen atoms in total. The second-order valence-corrected chi connectivity index (χ2v) is 5.12. The molecule has 0 aromatic carbocycles. The molecule has 108 valence electrons. The molecule has 4 N–H and O–H groups in total. The largest absolute Gasteiger partial charge is 0.402 e. The van der Waals surface area contributed by atoms with Crippen LogP contribution in [0.15, 0.2) is 10.5 Å². The summed E-state index contributed by atoms with van der Waals surface area (Å²) in [5.41, 5.74) is 6.68. The standard InChI is InChI=1S/C13H17ClN4O2/c1-7(16)9(6-15)12-17-11(10(14)13(19)18-12)8-2-4-20-5-3-8/h6,8,15H,2-5,16H2,1H3,(H,17,18,19)/b9-7+,15-6?. The normalized spacial score (nSPS) is 17.7. The van der Waals surface area contributed by atoms with Gasteiger partial charge in [0.05, 0.1) is 11.3 Å². The Balaban J connectivity index is 2.52. The van der Waals surface area contributed by atoms with Crippen molar-refractivity contribution in [3.05, 3.63) is 32.6 Å². The van der Waals surface area contributed by atoms with Gasteiger partial charge < -0.3 is 20.9 Å². The number of H-pyrrole nitrogens is 1. The fraction of sp³-hybridized carbons (Fsp3) is 0.462. The molecule has 0 aliphatic carbocycles. The van der Waals surface area contributed by atoms with Crippen molar-refractivity contribution in [3.63, 3.8) is 0 Å². The van der Waals surface area contributed by atoms with Crippen LogP contribution in [0.4, 0.5) is 0 Å². The van der Waals surface area contributed by atoms with Gasteiger partial charge in [0.15, 0.2) is 0 Å². The van der Waals surface area contributed by atoms with Gasteiger partial charge in [0.25, 0.3) is 5.56 Å². The maximum Gasteiger partial charge on any atom is 0.270 e. The van der Waals surface area contributed by atoms with Gasteiger partial charge in [-0.3, -0.25) is 4.79 Å². The summed E-state index contributed by atoms with van der Waals surface area (Å²) >= 11 is 6.07. The number of ether oxygens (including phenoxy) is 1. The molecule has 0 amide bonds. The molecule has 1 saturated heterocycles. The quantitative estimate of drug-likeness (QED) is 0.738. The Morgan fingerprint density at radius 2 is 2.20 bits per heavy atom. The number of aromatic amines is 1. The van der Waals surface area contributed by atoms with Gasteiger partial charge in [-0.1, -0.05) is 11.6 Å². The molecule has 0 unspecified atom stereocenters. The molecule has 1 aliphatic rings. The minimum absolute atomic E-state index is 0.0994. The van der Waals surface area contributed by atoms with E-state index in [0.29, 0.717) is 30.2 Å². The molecule has 20 heavy (non-hydrogen) atoms. The zero-order chi connectivity index (χ0) is 14.7. The Bertz CT molecular complexity index is 599. The number of nitrogens with one attached hydrogen (secondary N) is 2. The first-order valence-corrected chi connectivity index (χ1v) is 6.77. The first-order chi connectivity index (χ1) is 9.54. The van der Waals surface area contributed by atoms with E-state index in [2.05, 4.69) is 9.97 Å². The lowest BCUT2D eigenvalue weighted by Gasteiger charge is -2.22. The van der Waals surface area contributed by atoms with Crippen molar-refractivity contribution in [2.45, 2.75) is 25.7 Å². The molecule has 1 fully saturated rings. The van der Waals surface area contributed by atoms with Crippen LogP contribution in [0.3, 0.4) is 0 Å². The number of hydrogen-bond acceptors (Lipinski definition) is 5. The van der Waals surface area contributed by atoms with Crippen molar-refractivity contribution >= 4 is 23.4 Å². The van der Waals surface area contributed by atoms with Gasteiger partial charge in [-0.05, 0) is 19.8 Å². The van der Waals surface area contributed by atoms with Gasteiger partial charge >= 0.3 is 0 Å². The zero-order valence-corrected chi connectivity index (χ0v) is 12.0. The number of aromatic nitrogens is 2. The van der Waals surface area contributed by atoms with E-state index in [1.165, 1.54) is 0 Å². The summed E-state index contributed by atoms with van der Waals surface area (Å²) in [6, 6.07) is 0. The van der Waals surface area contributed by atoms with Crippen molar-refractivity contribution in [1.82, 2.24) is 9.97 Å². The Labute approximate surface area is 121 Å². The Morgan fingerprint density at radius 1 is 1.55 bits per heavy atom. The van der Waals surface area contributed by atoms with E-state index in [0.717, 1.165) is 19.1 Å². The molecule has 7 heteroatoms. The summed E-state index contributed by atoms with van der Waals surface area (Å²) in [6.07, 6.45) is 2.64. The van der Waals surface area contributed by atoms with E-state index in [4.69, 9.17) is 27.5 Å². The molecule has 2 heterocycles. The van der Waals surface area contributed by atoms with Crippen LogP contribution in [0, 0.1) is 5.41 Å². The summed E-state index contributed by atoms with van der Waals surface area (Å²) in [5, 5.41) is 7.50. The van der Waals surface area contributed by atoms with E-state index in [1.54, 1.807) is 6.92 Å². The number of rotatable bonds is 3. The molecule has 0 atom stereocenters. The van der Waals surface area contributed by atoms with Crippen molar-refractivity contribution in [2.75, 3.05) is 13.2 Å². The first-order valence-electron chi connectivity index (χ1n) is 6.39. The molecule has 0 radical (unpaired) electrons. The minimum atomic E-state index is -0.404. The number of allylic oxidation sites excluding steroid dienone is 2. The average Bonchev–Trinajstić information content (AvgIpc) is 2.43. The topological polar surface area (TPSA) is 105 Å². The summed E-state index contributed by atoms with van der Waals surface area (Å²) < 4.78 is 5.31. The van der Waals surface area contributed by atoms with Gasteiger partial charge in [-0.2, -0.15) is 0 Å². The minimum Gasteiger partial charge on any atom is -0.402 e. The predicted octanol–water partition coefficient (Wildman–Crippen LogP) is 1.66. The van der Waals surface area contributed by atoms with Crippen molar-refractivity contribution < 1.29 is 4.74 Å². The van der Waals surface area contributed by atoms with E-state index in [1.807, 2.05) is 0 Å². The Morgan fingerprint density at radius 3 is 2.75 bits per heavy atom. The fourth-order valence-electron chi connectivity index (χ4n) is 2.21. The van der Waals surface area contributed by atoms with E-state index in [-0.39, 0.29) is 16.8 Å². The van der Waals surface area contributed by atoms with Gasteiger partial charge in [0, 0.05) is 31.0 Å². The fourth-order valence-corrected chi connectivity index (χ4v) is 2.46. The average molecular weight is 297 g/mol. The molecule has 2 rings (SSSR count). The second-order valence-electron chi connectivity index (χ2n) is 4.74. The highest BCUT2D eigenvalue weighted by Gasteiger charge is 2.23. The smallest absolute Gasteiger partial charge is 0.270 e. The molecule has 0 spiro atoms. The summed E-state index contributed by atoms with van der Waals surface area (Å²) in [4.78, 5) is 18.9. The molecule has 0 saturated carbocycles. The molecule has 1 aromatic heterocycles. The summed E-state index contributed by atoms with van der Waals surface area (Å²) in [5.74, 6) is 0.387. The van der Waals surface area contributed by atoms with Crippen LogP contribution in [0.1, 0.15) is 37.2 Å². The monoisotopic (exact) mass is 296 g/mol. The van der Waals surface area contributed by atoms with Crippen LogP contribution in [-0.2, 0) is 4.74 Å². The van der Waals surface area contributed by atoms with Crippen LogP contribution in [0.5, 0.6) is 0 Å². The summed E-state index contributed by atoms with van der Waals surface area (Å²) in [7, 11) is 0. The molecule has 1 aromatic rings. The lowest BCUT2D eigenvalue weighted by molar-refractivity contribution is 0.0844. The van der Waals surface area contributed by atoms with Crippen molar-refractivity contribution in [3.8, 4) is 0 Å². The number of nitrogens with two attached hydrogens (primary N) is 1. The van der Waals surface area contributed by atoms with E-state index in [9.17, 15) is 4.79 Å². The van der Waals surface area contributed by atoms with E-state index >= 15 is 0 Å². The maximum absolute atomic E-state index is 11.9.